The zero-order valence-corrected chi connectivity index (χ0v) is 8.54. The monoisotopic (exact) mass is 219 g/mol. The van der Waals surface area contributed by atoms with Gasteiger partial charge in [0.05, 0.1) is 4.92 Å². The lowest BCUT2D eigenvalue weighted by Gasteiger charge is -2.11. The van der Waals surface area contributed by atoms with Gasteiger partial charge in [0, 0.05) is 18.6 Å². The number of esters is 1. The normalized spacial score (nSPS) is 17.6. The van der Waals surface area contributed by atoms with Crippen LogP contribution >= 0.6 is 0 Å². The summed E-state index contributed by atoms with van der Waals surface area (Å²) >= 11 is 0. The average molecular weight is 219 g/mol. The quantitative estimate of drug-likeness (QED) is 0.433. The highest BCUT2D eigenvalue weighted by atomic mass is 16.6. The average Bonchev–Trinajstić information content (AvgIpc) is 2.57. The molecule has 0 fully saturated rings. The lowest BCUT2D eigenvalue weighted by Crippen LogP contribution is -2.13. The molecule has 5 nitrogen and oxygen atoms in total. The molecule has 0 radical (unpaired) electrons. The summed E-state index contributed by atoms with van der Waals surface area (Å²) in [6, 6.07) is 7.01. The van der Waals surface area contributed by atoms with E-state index in [9.17, 15) is 14.9 Å². The van der Waals surface area contributed by atoms with E-state index in [4.69, 9.17) is 4.74 Å². The van der Waals surface area contributed by atoms with E-state index in [1.807, 2.05) is 0 Å². The summed E-state index contributed by atoms with van der Waals surface area (Å²) in [5, 5.41) is 10.8. The Labute approximate surface area is 91.5 Å². The number of nitrogens with zero attached hydrogens (tertiary/aromatic N) is 1. The fourth-order valence-corrected chi connectivity index (χ4v) is 1.71. The van der Waals surface area contributed by atoms with Crippen LogP contribution in [0.4, 0.5) is 0 Å². The van der Waals surface area contributed by atoms with Gasteiger partial charge in [0.2, 0.25) is 6.10 Å². The van der Waals surface area contributed by atoms with Crippen LogP contribution < -0.4 is 0 Å². The van der Waals surface area contributed by atoms with Crippen LogP contribution in [0.1, 0.15) is 24.2 Å². The van der Waals surface area contributed by atoms with Crippen molar-refractivity contribution in [3.63, 3.8) is 0 Å². The van der Waals surface area contributed by atoms with Gasteiger partial charge in [0.1, 0.15) is 0 Å². The van der Waals surface area contributed by atoms with E-state index in [-0.39, 0.29) is 5.70 Å². The van der Waals surface area contributed by atoms with E-state index >= 15 is 0 Å². The SMILES string of the molecule is CC(=O)OC1C([N+](=O)[O-])=Cc2ccccc21. The number of nitro groups is 1. The molecule has 0 saturated carbocycles. The molecule has 5 heteroatoms. The van der Waals surface area contributed by atoms with E-state index in [0.717, 1.165) is 5.56 Å². The van der Waals surface area contributed by atoms with Gasteiger partial charge < -0.3 is 4.74 Å². The second kappa shape index (κ2) is 3.77. The van der Waals surface area contributed by atoms with Crippen LogP contribution in [0.5, 0.6) is 0 Å². The Hall–Kier alpha value is -2.17. The van der Waals surface area contributed by atoms with Crippen molar-refractivity contribution in [2.24, 2.45) is 0 Å². The van der Waals surface area contributed by atoms with Crippen molar-refractivity contribution in [3.05, 3.63) is 51.2 Å². The zero-order chi connectivity index (χ0) is 11.7. The molecule has 1 unspecified atom stereocenters. The predicted octanol–water partition coefficient (Wildman–Crippen LogP) is 1.92. The van der Waals surface area contributed by atoms with Gasteiger partial charge in [0.15, 0.2) is 0 Å². The first-order chi connectivity index (χ1) is 7.59. The Morgan fingerprint density at radius 2 is 2.12 bits per heavy atom. The minimum Gasteiger partial charge on any atom is -0.446 e. The lowest BCUT2D eigenvalue weighted by atomic mass is 10.1. The number of hydrogen-bond donors (Lipinski definition) is 0. The Morgan fingerprint density at radius 3 is 2.75 bits per heavy atom. The van der Waals surface area contributed by atoms with Crippen LogP contribution in [0.3, 0.4) is 0 Å². The first-order valence-electron chi connectivity index (χ1n) is 4.71. The minimum atomic E-state index is -0.885. The Balaban J connectivity index is 2.43. The molecule has 16 heavy (non-hydrogen) atoms. The van der Waals surface area contributed by atoms with Gasteiger partial charge in [-0.2, -0.15) is 0 Å². The van der Waals surface area contributed by atoms with Gasteiger partial charge in [-0.3, -0.25) is 14.9 Å². The van der Waals surface area contributed by atoms with Gasteiger partial charge >= 0.3 is 5.97 Å². The van der Waals surface area contributed by atoms with Crippen LogP contribution in [0.15, 0.2) is 30.0 Å². The molecule has 0 aliphatic heterocycles. The highest BCUT2D eigenvalue weighted by Crippen LogP contribution is 2.37. The summed E-state index contributed by atoms with van der Waals surface area (Å²) in [4.78, 5) is 21.2. The Morgan fingerprint density at radius 1 is 1.44 bits per heavy atom. The minimum absolute atomic E-state index is 0.101. The molecule has 0 amide bonds. The molecule has 0 bridgehead atoms. The summed E-state index contributed by atoms with van der Waals surface area (Å²) in [6.45, 7) is 1.23. The zero-order valence-electron chi connectivity index (χ0n) is 8.54. The Kier molecular flexibility index (Phi) is 2.44. The molecule has 1 aliphatic carbocycles. The van der Waals surface area contributed by atoms with E-state index in [1.165, 1.54) is 13.0 Å². The molecule has 0 aromatic heterocycles. The first-order valence-corrected chi connectivity index (χ1v) is 4.71. The van der Waals surface area contributed by atoms with Crippen molar-refractivity contribution < 1.29 is 14.5 Å². The molecule has 0 saturated heterocycles. The fourth-order valence-electron chi connectivity index (χ4n) is 1.71. The molecule has 2 rings (SSSR count). The maximum atomic E-state index is 10.9. The molecule has 1 aromatic carbocycles. The van der Waals surface area contributed by atoms with Crippen molar-refractivity contribution in [2.45, 2.75) is 13.0 Å². The van der Waals surface area contributed by atoms with Crippen LogP contribution in [0.2, 0.25) is 0 Å². The summed E-state index contributed by atoms with van der Waals surface area (Å²) in [7, 11) is 0. The highest BCUT2D eigenvalue weighted by molar-refractivity contribution is 5.70. The standard InChI is InChI=1S/C11H9NO4/c1-7(13)16-11-9-5-3-2-4-8(9)6-10(11)12(14)15/h2-6,11H,1H3. The molecule has 82 valence electrons. The third kappa shape index (κ3) is 1.67. The number of carbonyl (C=O) groups excluding carboxylic acids is 1. The van der Waals surface area contributed by atoms with E-state index in [2.05, 4.69) is 0 Å². The first kappa shape index (κ1) is 10.4. The van der Waals surface area contributed by atoms with E-state index in [1.54, 1.807) is 24.3 Å². The van der Waals surface area contributed by atoms with Crippen molar-refractivity contribution in [1.29, 1.82) is 0 Å². The molecule has 0 spiro atoms. The van der Waals surface area contributed by atoms with Crippen LogP contribution in [-0.2, 0) is 9.53 Å². The summed E-state index contributed by atoms with van der Waals surface area (Å²) in [5.41, 5.74) is 1.28. The smallest absolute Gasteiger partial charge is 0.303 e. The van der Waals surface area contributed by atoms with E-state index in [0.29, 0.717) is 5.56 Å². The molecule has 1 atom stereocenters. The van der Waals surface area contributed by atoms with Crippen LogP contribution in [-0.4, -0.2) is 10.9 Å². The summed E-state index contributed by atoms with van der Waals surface area (Å²) < 4.78 is 4.96. The number of ether oxygens (including phenoxy) is 1. The highest BCUT2D eigenvalue weighted by Gasteiger charge is 2.36. The molecule has 1 aromatic rings. The van der Waals surface area contributed by atoms with Gasteiger partial charge in [-0.05, 0) is 5.56 Å². The van der Waals surface area contributed by atoms with Crippen molar-refractivity contribution in [2.75, 3.05) is 0 Å². The third-order valence-electron chi connectivity index (χ3n) is 2.35. The molecular formula is C11H9NO4. The van der Waals surface area contributed by atoms with E-state index < -0.39 is 17.0 Å². The topological polar surface area (TPSA) is 69.4 Å². The van der Waals surface area contributed by atoms with Gasteiger partial charge in [-0.1, -0.05) is 24.3 Å². The molecular weight excluding hydrogens is 210 g/mol. The molecule has 0 N–H and O–H groups in total. The second-order valence-electron chi connectivity index (χ2n) is 3.44. The number of benzene rings is 1. The second-order valence-corrected chi connectivity index (χ2v) is 3.44. The number of hydrogen-bond acceptors (Lipinski definition) is 4. The van der Waals surface area contributed by atoms with Gasteiger partial charge in [0.25, 0.3) is 5.70 Å². The number of fused-ring (bicyclic) bond motifs is 1. The number of rotatable bonds is 2. The Bertz CT molecular complexity index is 493. The predicted molar refractivity (Wildman–Crippen MR) is 55.9 cm³/mol. The number of carbonyl (C=O) groups is 1. The largest absolute Gasteiger partial charge is 0.446 e. The van der Waals surface area contributed by atoms with Gasteiger partial charge in [-0.15, -0.1) is 0 Å². The maximum Gasteiger partial charge on any atom is 0.303 e. The van der Waals surface area contributed by atoms with Crippen LogP contribution in [0.25, 0.3) is 6.08 Å². The van der Waals surface area contributed by atoms with Crippen molar-refractivity contribution >= 4 is 12.0 Å². The van der Waals surface area contributed by atoms with Crippen molar-refractivity contribution in [1.82, 2.24) is 0 Å². The fraction of sp³-hybridized carbons (Fsp3) is 0.182. The maximum absolute atomic E-state index is 10.9. The summed E-state index contributed by atoms with van der Waals surface area (Å²) in [5.74, 6) is -0.533. The lowest BCUT2D eigenvalue weighted by molar-refractivity contribution is -0.434. The molecule has 1 aliphatic rings. The molecule has 0 heterocycles. The third-order valence-corrected chi connectivity index (χ3v) is 2.35. The summed E-state index contributed by atoms with van der Waals surface area (Å²) in [6.07, 6.45) is 0.548. The van der Waals surface area contributed by atoms with Crippen molar-refractivity contribution in [3.8, 4) is 0 Å². The van der Waals surface area contributed by atoms with Crippen LogP contribution in [0, 0.1) is 10.1 Å². The van der Waals surface area contributed by atoms with Gasteiger partial charge in [-0.25, -0.2) is 0 Å².